The van der Waals surface area contributed by atoms with E-state index in [2.05, 4.69) is 30.5 Å². The van der Waals surface area contributed by atoms with Crippen molar-refractivity contribution in [1.29, 1.82) is 0 Å². The summed E-state index contributed by atoms with van der Waals surface area (Å²) in [6, 6.07) is 7.05. The first-order valence-corrected chi connectivity index (χ1v) is 5.92. The first-order valence-electron chi connectivity index (χ1n) is 5.92. The highest BCUT2D eigenvalue weighted by molar-refractivity contribution is 5.59. The van der Waals surface area contributed by atoms with E-state index in [1.165, 1.54) is 11.3 Å². The van der Waals surface area contributed by atoms with Crippen LogP contribution < -0.4 is 10.6 Å². The van der Waals surface area contributed by atoms with Crippen LogP contribution >= 0.6 is 0 Å². The molecule has 2 rings (SSSR count). The lowest BCUT2D eigenvalue weighted by atomic mass is 10.0. The zero-order chi connectivity index (χ0) is 11.5. The molecule has 0 aromatic heterocycles. The van der Waals surface area contributed by atoms with E-state index >= 15 is 0 Å². The summed E-state index contributed by atoms with van der Waals surface area (Å²) in [7, 11) is 0. The molecule has 1 unspecified atom stereocenters. The van der Waals surface area contributed by atoms with E-state index in [9.17, 15) is 5.11 Å². The van der Waals surface area contributed by atoms with Gasteiger partial charge >= 0.3 is 0 Å². The SMILES string of the molecule is CC(C)NCC1Cc2c(CO)cccc2N1. The number of nitrogens with one attached hydrogen (secondary N) is 2. The monoisotopic (exact) mass is 220 g/mol. The summed E-state index contributed by atoms with van der Waals surface area (Å²) in [6.45, 7) is 5.41. The molecule has 88 valence electrons. The first kappa shape index (κ1) is 11.4. The fourth-order valence-electron chi connectivity index (χ4n) is 2.18. The van der Waals surface area contributed by atoms with E-state index in [4.69, 9.17) is 0 Å². The summed E-state index contributed by atoms with van der Waals surface area (Å²) in [5, 5.41) is 16.2. The first-order chi connectivity index (χ1) is 7.70. The molecule has 16 heavy (non-hydrogen) atoms. The van der Waals surface area contributed by atoms with Crippen molar-refractivity contribution in [3.8, 4) is 0 Å². The van der Waals surface area contributed by atoms with Crippen LogP contribution in [-0.2, 0) is 13.0 Å². The molecular weight excluding hydrogens is 200 g/mol. The van der Waals surface area contributed by atoms with E-state index < -0.39 is 0 Å². The smallest absolute Gasteiger partial charge is 0.0685 e. The van der Waals surface area contributed by atoms with Gasteiger partial charge in [-0.05, 0) is 23.6 Å². The zero-order valence-electron chi connectivity index (χ0n) is 9.96. The maximum Gasteiger partial charge on any atom is 0.0685 e. The van der Waals surface area contributed by atoms with Crippen LogP contribution in [0.1, 0.15) is 25.0 Å². The molecule has 3 nitrogen and oxygen atoms in total. The van der Waals surface area contributed by atoms with Gasteiger partial charge in [-0.25, -0.2) is 0 Å². The van der Waals surface area contributed by atoms with Crippen molar-refractivity contribution < 1.29 is 5.11 Å². The van der Waals surface area contributed by atoms with Gasteiger partial charge in [0.25, 0.3) is 0 Å². The minimum Gasteiger partial charge on any atom is -0.392 e. The third-order valence-electron chi connectivity index (χ3n) is 3.03. The molecule has 0 spiro atoms. The highest BCUT2D eigenvalue weighted by Gasteiger charge is 2.22. The van der Waals surface area contributed by atoms with Gasteiger partial charge in [0.05, 0.1) is 6.61 Å². The van der Waals surface area contributed by atoms with Crippen LogP contribution in [-0.4, -0.2) is 23.7 Å². The number of benzene rings is 1. The average Bonchev–Trinajstić information content (AvgIpc) is 2.68. The predicted molar refractivity (Wildman–Crippen MR) is 66.6 cm³/mol. The second kappa shape index (κ2) is 4.85. The molecule has 1 aliphatic rings. The van der Waals surface area contributed by atoms with Crippen LogP contribution in [0.3, 0.4) is 0 Å². The predicted octanol–water partition coefficient (Wildman–Crippen LogP) is 1.51. The molecule has 3 N–H and O–H groups in total. The van der Waals surface area contributed by atoms with Crippen molar-refractivity contribution in [3.63, 3.8) is 0 Å². The van der Waals surface area contributed by atoms with Gasteiger partial charge in [-0.2, -0.15) is 0 Å². The zero-order valence-corrected chi connectivity index (χ0v) is 9.96. The van der Waals surface area contributed by atoms with Gasteiger partial charge in [-0.1, -0.05) is 26.0 Å². The Bertz CT molecular complexity index is 363. The van der Waals surface area contributed by atoms with Gasteiger partial charge < -0.3 is 15.7 Å². The van der Waals surface area contributed by atoms with Crippen molar-refractivity contribution >= 4 is 5.69 Å². The number of aliphatic hydroxyl groups excluding tert-OH is 1. The third kappa shape index (κ3) is 2.36. The molecule has 1 aliphatic heterocycles. The Labute approximate surface area is 96.9 Å². The highest BCUT2D eigenvalue weighted by atomic mass is 16.3. The fourth-order valence-corrected chi connectivity index (χ4v) is 2.18. The van der Waals surface area contributed by atoms with Crippen LogP contribution in [0.25, 0.3) is 0 Å². The van der Waals surface area contributed by atoms with Crippen molar-refractivity contribution in [1.82, 2.24) is 5.32 Å². The largest absolute Gasteiger partial charge is 0.392 e. The van der Waals surface area contributed by atoms with Crippen LogP contribution in [0.4, 0.5) is 5.69 Å². The minimum absolute atomic E-state index is 0.134. The fraction of sp³-hybridized carbons (Fsp3) is 0.538. The number of rotatable bonds is 4. The molecule has 1 aromatic carbocycles. The molecule has 0 fully saturated rings. The lowest BCUT2D eigenvalue weighted by Gasteiger charge is -2.14. The Morgan fingerprint density at radius 3 is 3.00 bits per heavy atom. The summed E-state index contributed by atoms with van der Waals surface area (Å²) in [6.07, 6.45) is 1.01. The Morgan fingerprint density at radius 2 is 2.31 bits per heavy atom. The minimum atomic E-state index is 0.134. The number of aliphatic hydroxyl groups is 1. The number of hydrogen-bond acceptors (Lipinski definition) is 3. The van der Waals surface area contributed by atoms with Crippen molar-refractivity contribution in [3.05, 3.63) is 29.3 Å². The van der Waals surface area contributed by atoms with Gasteiger partial charge in [-0.15, -0.1) is 0 Å². The van der Waals surface area contributed by atoms with Gasteiger partial charge in [0.1, 0.15) is 0 Å². The molecule has 1 heterocycles. The molecule has 1 atom stereocenters. The van der Waals surface area contributed by atoms with E-state index in [1.807, 2.05) is 12.1 Å². The van der Waals surface area contributed by atoms with Crippen LogP contribution in [0, 0.1) is 0 Å². The lowest BCUT2D eigenvalue weighted by Crippen LogP contribution is -2.35. The maximum absolute atomic E-state index is 9.26. The van der Waals surface area contributed by atoms with E-state index in [0.717, 1.165) is 18.5 Å². The molecule has 1 aromatic rings. The van der Waals surface area contributed by atoms with Crippen molar-refractivity contribution in [2.24, 2.45) is 0 Å². The number of hydrogen-bond donors (Lipinski definition) is 3. The molecule has 0 radical (unpaired) electrons. The van der Waals surface area contributed by atoms with Gasteiger partial charge in [0.2, 0.25) is 0 Å². The van der Waals surface area contributed by atoms with Gasteiger partial charge in [0, 0.05) is 24.3 Å². The Balaban J connectivity index is 2.03. The topological polar surface area (TPSA) is 44.3 Å². The Kier molecular flexibility index (Phi) is 3.46. The summed E-state index contributed by atoms with van der Waals surface area (Å²) in [5.74, 6) is 0. The van der Waals surface area contributed by atoms with Gasteiger partial charge in [0.15, 0.2) is 0 Å². The second-order valence-electron chi connectivity index (χ2n) is 4.71. The molecule has 0 aliphatic carbocycles. The van der Waals surface area contributed by atoms with E-state index in [0.29, 0.717) is 12.1 Å². The lowest BCUT2D eigenvalue weighted by molar-refractivity contribution is 0.281. The molecule has 3 heteroatoms. The van der Waals surface area contributed by atoms with Crippen LogP contribution in [0.2, 0.25) is 0 Å². The van der Waals surface area contributed by atoms with Crippen LogP contribution in [0.5, 0.6) is 0 Å². The quantitative estimate of drug-likeness (QED) is 0.720. The highest BCUT2D eigenvalue weighted by Crippen LogP contribution is 2.28. The second-order valence-corrected chi connectivity index (χ2v) is 4.71. The Morgan fingerprint density at radius 1 is 1.50 bits per heavy atom. The normalized spacial score (nSPS) is 18.6. The van der Waals surface area contributed by atoms with E-state index in [1.54, 1.807) is 0 Å². The molecule has 0 saturated carbocycles. The maximum atomic E-state index is 9.26. The summed E-state index contributed by atoms with van der Waals surface area (Å²) in [5.41, 5.74) is 3.51. The molecule has 0 saturated heterocycles. The van der Waals surface area contributed by atoms with Gasteiger partial charge in [-0.3, -0.25) is 0 Å². The van der Waals surface area contributed by atoms with Crippen LogP contribution in [0.15, 0.2) is 18.2 Å². The third-order valence-corrected chi connectivity index (χ3v) is 3.03. The number of anilines is 1. The summed E-state index contributed by atoms with van der Waals surface area (Å²) < 4.78 is 0. The average molecular weight is 220 g/mol. The van der Waals surface area contributed by atoms with Crippen molar-refractivity contribution in [2.45, 2.75) is 39.0 Å². The number of fused-ring (bicyclic) bond motifs is 1. The summed E-state index contributed by atoms with van der Waals surface area (Å²) in [4.78, 5) is 0. The standard InChI is InChI=1S/C13H20N2O/c1-9(2)14-7-11-6-12-10(8-16)4-3-5-13(12)15-11/h3-5,9,11,14-16H,6-8H2,1-2H3. The van der Waals surface area contributed by atoms with Crippen molar-refractivity contribution in [2.75, 3.05) is 11.9 Å². The Hall–Kier alpha value is -1.06. The molecule has 0 bridgehead atoms. The van der Waals surface area contributed by atoms with E-state index in [-0.39, 0.29) is 6.61 Å². The summed E-state index contributed by atoms with van der Waals surface area (Å²) >= 11 is 0. The molecule has 0 amide bonds. The molecular formula is C13H20N2O.